The van der Waals surface area contributed by atoms with Crippen LogP contribution in [0.1, 0.15) is 0 Å². The van der Waals surface area contributed by atoms with Gasteiger partial charge in [0.05, 0.1) is 0 Å². The van der Waals surface area contributed by atoms with Crippen LogP contribution in [0.5, 0.6) is 0 Å². The molecule has 0 N–H and O–H groups in total. The van der Waals surface area contributed by atoms with Crippen molar-refractivity contribution in [2.45, 2.75) is 0 Å². The number of hydrogen-bond acceptors (Lipinski definition) is 0. The SMILES string of the molecule is [Sn].c1cc2cccc3c4cccc5cccc(c(c1)c23)c54. The molecule has 0 aliphatic carbocycles. The fraction of sp³-hybridized carbons (Fsp3) is 0. The van der Waals surface area contributed by atoms with Gasteiger partial charge in [-0.15, -0.1) is 0 Å². The van der Waals surface area contributed by atoms with Gasteiger partial charge in [0.2, 0.25) is 0 Å². The average Bonchev–Trinajstić information content (AvgIpc) is 2.52. The third-order valence-electron chi connectivity index (χ3n) is 4.39. The van der Waals surface area contributed by atoms with Crippen molar-refractivity contribution in [3.05, 3.63) is 72.8 Å². The minimum atomic E-state index is 0. The summed E-state index contributed by atoms with van der Waals surface area (Å²) in [7, 11) is 0. The molecule has 0 amide bonds. The Labute approximate surface area is 139 Å². The maximum atomic E-state index is 2.25. The number of benzene rings is 5. The molecule has 0 unspecified atom stereocenters. The van der Waals surface area contributed by atoms with Crippen LogP contribution < -0.4 is 0 Å². The molecular formula is C20H12Sn. The van der Waals surface area contributed by atoms with Gasteiger partial charge in [0.25, 0.3) is 0 Å². The maximum Gasteiger partial charge on any atom is 0 e. The first kappa shape index (κ1) is 12.9. The van der Waals surface area contributed by atoms with Gasteiger partial charge in [-0.05, 0) is 43.1 Å². The van der Waals surface area contributed by atoms with Crippen LogP contribution in [-0.2, 0) is 0 Å². The predicted molar refractivity (Wildman–Crippen MR) is 93.4 cm³/mol. The molecule has 0 saturated heterocycles. The molecular weight excluding hydrogens is 359 g/mol. The van der Waals surface area contributed by atoms with E-state index < -0.39 is 0 Å². The van der Waals surface area contributed by atoms with Crippen molar-refractivity contribution in [3.63, 3.8) is 0 Å². The molecule has 0 bridgehead atoms. The fourth-order valence-corrected chi connectivity index (χ4v) is 3.58. The first-order valence-electron chi connectivity index (χ1n) is 6.98. The Hall–Kier alpha value is -1.80. The van der Waals surface area contributed by atoms with E-state index in [1.165, 1.54) is 43.1 Å². The van der Waals surface area contributed by atoms with E-state index in [2.05, 4.69) is 72.8 Å². The Morgan fingerprint density at radius 1 is 0.381 bits per heavy atom. The van der Waals surface area contributed by atoms with Gasteiger partial charge < -0.3 is 0 Å². The Kier molecular flexibility index (Phi) is 2.83. The summed E-state index contributed by atoms with van der Waals surface area (Å²) in [5, 5.41) is 10.9. The van der Waals surface area contributed by atoms with Crippen LogP contribution in [0.25, 0.3) is 43.1 Å². The van der Waals surface area contributed by atoms with E-state index in [0.29, 0.717) is 0 Å². The molecule has 96 valence electrons. The van der Waals surface area contributed by atoms with Crippen molar-refractivity contribution < 1.29 is 0 Å². The molecule has 0 spiro atoms. The van der Waals surface area contributed by atoms with Crippen LogP contribution in [0.2, 0.25) is 0 Å². The van der Waals surface area contributed by atoms with Crippen molar-refractivity contribution in [2.24, 2.45) is 0 Å². The van der Waals surface area contributed by atoms with Gasteiger partial charge in [-0.1, -0.05) is 72.8 Å². The monoisotopic (exact) mass is 372 g/mol. The normalized spacial score (nSPS) is 11.4. The minimum Gasteiger partial charge on any atom is -0.0610 e. The van der Waals surface area contributed by atoms with Gasteiger partial charge in [0.1, 0.15) is 0 Å². The number of fused-ring (bicyclic) bond motifs is 2. The van der Waals surface area contributed by atoms with Crippen molar-refractivity contribution in [1.29, 1.82) is 0 Å². The van der Waals surface area contributed by atoms with Crippen LogP contribution in [0.3, 0.4) is 0 Å². The smallest absolute Gasteiger partial charge is 0 e. The number of hydrogen-bond donors (Lipinski definition) is 0. The summed E-state index contributed by atoms with van der Waals surface area (Å²) in [4.78, 5) is 0. The molecule has 0 heterocycles. The van der Waals surface area contributed by atoms with E-state index in [1.54, 1.807) is 0 Å². The first-order valence-corrected chi connectivity index (χ1v) is 6.98. The van der Waals surface area contributed by atoms with Gasteiger partial charge in [-0.3, -0.25) is 0 Å². The summed E-state index contributed by atoms with van der Waals surface area (Å²) >= 11 is 0. The van der Waals surface area contributed by atoms with Crippen LogP contribution in [-0.4, -0.2) is 23.9 Å². The zero-order chi connectivity index (χ0) is 13.1. The maximum absolute atomic E-state index is 2.25. The van der Waals surface area contributed by atoms with Gasteiger partial charge >= 0.3 is 0 Å². The van der Waals surface area contributed by atoms with Crippen LogP contribution in [0.4, 0.5) is 0 Å². The van der Waals surface area contributed by atoms with E-state index in [1.807, 2.05) is 0 Å². The molecule has 0 aliphatic rings. The molecule has 0 nitrogen and oxygen atoms in total. The molecule has 5 rings (SSSR count). The quantitative estimate of drug-likeness (QED) is 0.195. The minimum absolute atomic E-state index is 0. The standard InChI is InChI=1S/C20H12.Sn/c1-5-13-6-2-11-17-18-12-4-8-14-7-3-10-16(20(14)18)15(9-1)19(13)17;/h1-12H;. The molecule has 5 aromatic rings. The van der Waals surface area contributed by atoms with Gasteiger partial charge in [-0.25, -0.2) is 0 Å². The summed E-state index contributed by atoms with van der Waals surface area (Å²) in [6, 6.07) is 26.4. The topological polar surface area (TPSA) is 0 Å². The van der Waals surface area contributed by atoms with Crippen molar-refractivity contribution >= 4 is 67.0 Å². The predicted octanol–water partition coefficient (Wildman–Crippen LogP) is 5.36. The van der Waals surface area contributed by atoms with Gasteiger partial charge in [0, 0.05) is 23.9 Å². The van der Waals surface area contributed by atoms with Gasteiger partial charge in [-0.2, -0.15) is 0 Å². The van der Waals surface area contributed by atoms with E-state index in [0.717, 1.165) is 0 Å². The van der Waals surface area contributed by atoms with Gasteiger partial charge in [0.15, 0.2) is 0 Å². The molecule has 0 aromatic heterocycles. The van der Waals surface area contributed by atoms with E-state index in [9.17, 15) is 0 Å². The first-order chi connectivity index (χ1) is 9.93. The second-order valence-corrected chi connectivity index (χ2v) is 5.42. The Balaban J connectivity index is 0.00000115. The summed E-state index contributed by atoms with van der Waals surface area (Å²) in [5.41, 5.74) is 0. The number of rotatable bonds is 0. The van der Waals surface area contributed by atoms with E-state index in [4.69, 9.17) is 0 Å². The molecule has 0 aliphatic heterocycles. The van der Waals surface area contributed by atoms with Crippen LogP contribution in [0.15, 0.2) is 72.8 Å². The third kappa shape index (κ3) is 1.63. The summed E-state index contributed by atoms with van der Waals surface area (Å²) in [5.74, 6) is 0. The molecule has 0 fully saturated rings. The second-order valence-electron chi connectivity index (χ2n) is 5.42. The summed E-state index contributed by atoms with van der Waals surface area (Å²) in [6.45, 7) is 0. The molecule has 5 aromatic carbocycles. The van der Waals surface area contributed by atoms with E-state index >= 15 is 0 Å². The Bertz CT molecular complexity index is 923. The van der Waals surface area contributed by atoms with Crippen molar-refractivity contribution in [3.8, 4) is 0 Å². The zero-order valence-electron chi connectivity index (χ0n) is 11.4. The Morgan fingerprint density at radius 3 is 0.952 bits per heavy atom. The average molecular weight is 371 g/mol. The van der Waals surface area contributed by atoms with Crippen molar-refractivity contribution in [2.75, 3.05) is 0 Å². The van der Waals surface area contributed by atoms with E-state index in [-0.39, 0.29) is 23.9 Å². The second kappa shape index (κ2) is 4.60. The van der Waals surface area contributed by atoms with Crippen molar-refractivity contribution in [1.82, 2.24) is 0 Å². The van der Waals surface area contributed by atoms with Crippen LogP contribution >= 0.6 is 0 Å². The summed E-state index contributed by atoms with van der Waals surface area (Å²) < 4.78 is 0. The summed E-state index contributed by atoms with van der Waals surface area (Å²) in [6.07, 6.45) is 0. The molecule has 4 radical (unpaired) electrons. The largest absolute Gasteiger partial charge is 0.0610 e. The molecule has 0 atom stereocenters. The third-order valence-corrected chi connectivity index (χ3v) is 4.39. The Morgan fingerprint density at radius 2 is 0.667 bits per heavy atom. The zero-order valence-corrected chi connectivity index (χ0v) is 14.3. The molecule has 21 heavy (non-hydrogen) atoms. The van der Waals surface area contributed by atoms with Crippen LogP contribution in [0, 0.1) is 0 Å². The molecule has 1 heteroatoms. The molecule has 0 saturated carbocycles. The fourth-order valence-electron chi connectivity index (χ4n) is 3.58.